The second-order valence-corrected chi connectivity index (χ2v) is 9.41. The Hall–Kier alpha value is -3.69. The smallest absolute Gasteiger partial charge is 0.307 e. The van der Waals surface area contributed by atoms with Crippen molar-refractivity contribution in [2.45, 2.75) is 52.2 Å². The van der Waals surface area contributed by atoms with E-state index in [4.69, 9.17) is 4.74 Å². The van der Waals surface area contributed by atoms with Gasteiger partial charge < -0.3 is 4.74 Å². The third-order valence-corrected chi connectivity index (χ3v) is 7.03. The van der Waals surface area contributed by atoms with Crippen molar-refractivity contribution in [2.24, 2.45) is 0 Å². The lowest BCUT2D eigenvalue weighted by atomic mass is 9.92. The first kappa shape index (κ1) is 26.4. The number of aryl methyl sites for hydroxylation is 1. The van der Waals surface area contributed by atoms with Crippen LogP contribution in [-0.4, -0.2) is 17.5 Å². The van der Waals surface area contributed by atoms with Crippen molar-refractivity contribution >= 4 is 5.97 Å². The Kier molecular flexibility index (Phi) is 9.29. The Labute approximate surface area is 221 Å². The number of ether oxygens (including phenoxy) is 1. The number of carbonyl (C=O) groups excluding carboxylic acids is 1. The first-order valence-electron chi connectivity index (χ1n) is 13.3. The summed E-state index contributed by atoms with van der Waals surface area (Å²) in [4.78, 5) is 15.4. The fourth-order valence-corrected chi connectivity index (χ4v) is 5.06. The number of benzene rings is 4. The average molecular weight is 492 g/mol. The maximum Gasteiger partial charge on any atom is 0.307 e. The van der Waals surface area contributed by atoms with E-state index in [1.165, 1.54) is 27.8 Å². The Morgan fingerprint density at radius 1 is 0.784 bits per heavy atom. The van der Waals surface area contributed by atoms with E-state index < -0.39 is 0 Å². The maximum absolute atomic E-state index is 12.9. The van der Waals surface area contributed by atoms with Gasteiger partial charge in [-0.3, -0.25) is 9.69 Å². The molecule has 0 bridgehead atoms. The highest BCUT2D eigenvalue weighted by Crippen LogP contribution is 2.37. The zero-order valence-electron chi connectivity index (χ0n) is 22.1. The van der Waals surface area contributed by atoms with Crippen LogP contribution in [-0.2, 0) is 22.5 Å². The molecule has 0 saturated heterocycles. The summed E-state index contributed by atoms with van der Waals surface area (Å²) in [5.41, 5.74) is 7.30. The van der Waals surface area contributed by atoms with Crippen molar-refractivity contribution in [1.29, 1.82) is 0 Å². The van der Waals surface area contributed by atoms with E-state index in [2.05, 4.69) is 116 Å². The van der Waals surface area contributed by atoms with Crippen LogP contribution in [0, 0.1) is 0 Å². The van der Waals surface area contributed by atoms with E-state index in [-0.39, 0.29) is 24.5 Å². The summed E-state index contributed by atoms with van der Waals surface area (Å²) in [6, 6.07) is 38.2. The first-order chi connectivity index (χ1) is 18.1. The molecule has 0 aromatic heterocycles. The van der Waals surface area contributed by atoms with Gasteiger partial charge in [0.2, 0.25) is 0 Å². The van der Waals surface area contributed by atoms with Crippen molar-refractivity contribution in [3.63, 3.8) is 0 Å². The normalized spacial score (nSPS) is 12.8. The van der Waals surface area contributed by atoms with Crippen LogP contribution in [0.4, 0.5) is 0 Å². The SMILES string of the molecule is CCOC(=O)C[C@@H](c1cccc(-c2ccccc2CC)c1)N(Cc1ccccc1)[C@H](C)c1ccccc1. The highest BCUT2D eigenvalue weighted by molar-refractivity contribution is 5.71. The lowest BCUT2D eigenvalue weighted by Gasteiger charge is -2.37. The Morgan fingerprint density at radius 3 is 2.14 bits per heavy atom. The number of hydrogen-bond acceptors (Lipinski definition) is 3. The van der Waals surface area contributed by atoms with Crippen molar-refractivity contribution in [3.05, 3.63) is 131 Å². The molecule has 0 aliphatic heterocycles. The minimum Gasteiger partial charge on any atom is -0.466 e. The van der Waals surface area contributed by atoms with Crippen molar-refractivity contribution in [2.75, 3.05) is 6.61 Å². The van der Waals surface area contributed by atoms with Crippen LogP contribution in [0.3, 0.4) is 0 Å². The van der Waals surface area contributed by atoms with E-state index in [0.29, 0.717) is 6.61 Å². The van der Waals surface area contributed by atoms with Gasteiger partial charge in [-0.2, -0.15) is 0 Å². The van der Waals surface area contributed by atoms with Crippen LogP contribution in [0.5, 0.6) is 0 Å². The number of rotatable bonds is 11. The third kappa shape index (κ3) is 6.75. The Morgan fingerprint density at radius 2 is 1.43 bits per heavy atom. The molecule has 3 nitrogen and oxygen atoms in total. The van der Waals surface area contributed by atoms with Gasteiger partial charge in [0.1, 0.15) is 0 Å². The van der Waals surface area contributed by atoms with Crippen LogP contribution < -0.4 is 0 Å². The molecule has 0 spiro atoms. The molecule has 4 rings (SSSR count). The lowest BCUT2D eigenvalue weighted by molar-refractivity contribution is -0.145. The fraction of sp³-hybridized carbons (Fsp3) is 0.265. The van der Waals surface area contributed by atoms with Gasteiger partial charge in [0.15, 0.2) is 0 Å². The number of esters is 1. The highest BCUT2D eigenvalue weighted by Gasteiger charge is 2.29. The van der Waals surface area contributed by atoms with Crippen LogP contribution in [0.1, 0.15) is 61.5 Å². The van der Waals surface area contributed by atoms with Crippen molar-refractivity contribution in [1.82, 2.24) is 4.90 Å². The highest BCUT2D eigenvalue weighted by atomic mass is 16.5. The van der Waals surface area contributed by atoms with Gasteiger partial charge in [0.05, 0.1) is 13.0 Å². The molecule has 3 heteroatoms. The topological polar surface area (TPSA) is 29.5 Å². The quantitative estimate of drug-likeness (QED) is 0.198. The molecule has 0 aliphatic carbocycles. The standard InChI is InChI=1S/C34H37NO2/c1-4-28-17-12-13-22-32(28)30-20-14-21-31(23-30)33(24-34(36)37-5-2)35(25-27-15-8-6-9-16-27)26(3)29-18-10-7-11-19-29/h6-23,26,33H,4-5,24-25H2,1-3H3/t26-,33+/m1/s1. The monoisotopic (exact) mass is 491 g/mol. The molecule has 0 fully saturated rings. The molecule has 0 heterocycles. The second kappa shape index (κ2) is 13.0. The first-order valence-corrected chi connectivity index (χ1v) is 13.3. The van der Waals surface area contributed by atoms with Crippen LogP contribution >= 0.6 is 0 Å². The molecule has 0 aliphatic rings. The van der Waals surface area contributed by atoms with E-state index >= 15 is 0 Å². The molecule has 4 aromatic rings. The predicted molar refractivity (Wildman–Crippen MR) is 152 cm³/mol. The summed E-state index contributed by atoms with van der Waals surface area (Å²) in [6.45, 7) is 7.38. The molecule has 4 aromatic carbocycles. The molecule has 0 amide bonds. The van der Waals surface area contributed by atoms with Gasteiger partial charge in [-0.25, -0.2) is 0 Å². The summed E-state index contributed by atoms with van der Waals surface area (Å²) in [6.07, 6.45) is 1.26. The lowest BCUT2D eigenvalue weighted by Crippen LogP contribution is -2.33. The number of nitrogens with zero attached hydrogens (tertiary/aromatic N) is 1. The average Bonchev–Trinajstić information content (AvgIpc) is 2.95. The van der Waals surface area contributed by atoms with Crippen LogP contribution in [0.25, 0.3) is 11.1 Å². The molecule has 0 unspecified atom stereocenters. The zero-order valence-corrected chi connectivity index (χ0v) is 22.1. The number of carbonyl (C=O) groups is 1. The number of hydrogen-bond donors (Lipinski definition) is 0. The van der Waals surface area contributed by atoms with Gasteiger partial charge in [-0.1, -0.05) is 110 Å². The summed E-state index contributed by atoms with van der Waals surface area (Å²) in [5, 5.41) is 0. The molecule has 0 radical (unpaired) electrons. The molecular weight excluding hydrogens is 454 g/mol. The zero-order chi connectivity index (χ0) is 26.0. The summed E-state index contributed by atoms with van der Waals surface area (Å²) in [5.74, 6) is -0.176. The summed E-state index contributed by atoms with van der Waals surface area (Å²) in [7, 11) is 0. The van der Waals surface area contributed by atoms with Gasteiger partial charge in [0.25, 0.3) is 0 Å². The predicted octanol–water partition coefficient (Wildman–Crippen LogP) is 8.17. The Balaban J connectivity index is 1.80. The van der Waals surface area contributed by atoms with Gasteiger partial charge in [-0.05, 0) is 59.7 Å². The molecule has 190 valence electrons. The molecule has 0 saturated carbocycles. The third-order valence-electron chi connectivity index (χ3n) is 7.03. The minimum absolute atomic E-state index is 0.0902. The van der Waals surface area contributed by atoms with E-state index in [1.54, 1.807) is 0 Å². The van der Waals surface area contributed by atoms with Crippen molar-refractivity contribution in [3.8, 4) is 11.1 Å². The molecular formula is C34H37NO2. The van der Waals surface area contributed by atoms with Crippen molar-refractivity contribution < 1.29 is 9.53 Å². The second-order valence-electron chi connectivity index (χ2n) is 9.41. The van der Waals surface area contributed by atoms with E-state index in [9.17, 15) is 4.79 Å². The molecule has 2 atom stereocenters. The van der Waals surface area contributed by atoms with Gasteiger partial charge in [-0.15, -0.1) is 0 Å². The molecule has 0 N–H and O–H groups in total. The van der Waals surface area contributed by atoms with Gasteiger partial charge >= 0.3 is 5.97 Å². The Bertz CT molecular complexity index is 1270. The van der Waals surface area contributed by atoms with E-state index in [1.807, 2.05) is 19.1 Å². The maximum atomic E-state index is 12.9. The summed E-state index contributed by atoms with van der Waals surface area (Å²) < 4.78 is 5.47. The molecule has 37 heavy (non-hydrogen) atoms. The van der Waals surface area contributed by atoms with Gasteiger partial charge in [0, 0.05) is 18.6 Å². The summed E-state index contributed by atoms with van der Waals surface area (Å²) >= 11 is 0. The van der Waals surface area contributed by atoms with Crippen LogP contribution in [0.2, 0.25) is 0 Å². The van der Waals surface area contributed by atoms with E-state index in [0.717, 1.165) is 18.5 Å². The fourth-order valence-electron chi connectivity index (χ4n) is 5.06. The largest absolute Gasteiger partial charge is 0.466 e. The van der Waals surface area contributed by atoms with Crippen LogP contribution in [0.15, 0.2) is 109 Å². The minimum atomic E-state index is -0.176.